The lowest BCUT2D eigenvalue weighted by Gasteiger charge is -2.38. The average Bonchev–Trinajstić information content (AvgIpc) is 3.29. The van der Waals surface area contributed by atoms with Crippen LogP contribution in [0.1, 0.15) is 32.8 Å². The summed E-state index contributed by atoms with van der Waals surface area (Å²) in [4.78, 5) is 50.1. The van der Waals surface area contributed by atoms with Crippen LogP contribution in [0.3, 0.4) is 0 Å². The first-order valence-electron chi connectivity index (χ1n) is 11.2. The molecule has 2 saturated heterocycles. The third-order valence-electron chi connectivity index (χ3n) is 6.72. The lowest BCUT2D eigenvalue weighted by Crippen LogP contribution is -2.46. The number of likely N-dealkylation sites (tertiary alicyclic amines) is 1. The van der Waals surface area contributed by atoms with Crippen LogP contribution in [-0.4, -0.2) is 72.9 Å². The molecule has 2 aliphatic rings. The molecule has 186 valence electrons. The molecule has 2 atom stereocenters. The number of urea groups is 1. The van der Waals surface area contributed by atoms with E-state index in [4.69, 9.17) is 9.16 Å². The molecule has 12 heteroatoms. The summed E-state index contributed by atoms with van der Waals surface area (Å²) >= 11 is 0. The molecule has 2 unspecified atom stereocenters. The first kappa shape index (κ1) is 25.6. The van der Waals surface area contributed by atoms with Crippen molar-refractivity contribution in [1.82, 2.24) is 15.1 Å². The number of nitro benzene ring substituents is 1. The summed E-state index contributed by atoms with van der Waals surface area (Å²) in [6.45, 7) is 10.9. The highest BCUT2D eigenvalue weighted by Crippen LogP contribution is 2.39. The molecular formula is C22H32N4O7Si. The van der Waals surface area contributed by atoms with Gasteiger partial charge in [-0.3, -0.25) is 19.8 Å². The maximum absolute atomic E-state index is 13.0. The Labute approximate surface area is 199 Å². The Balaban J connectivity index is 1.71. The van der Waals surface area contributed by atoms with Gasteiger partial charge in [0.2, 0.25) is 5.91 Å². The topological polar surface area (TPSA) is 131 Å². The Kier molecular flexibility index (Phi) is 7.31. The second kappa shape index (κ2) is 9.70. The highest BCUT2D eigenvalue weighted by Gasteiger charge is 2.45. The van der Waals surface area contributed by atoms with Crippen molar-refractivity contribution in [2.75, 3.05) is 19.6 Å². The molecule has 2 heterocycles. The summed E-state index contributed by atoms with van der Waals surface area (Å²) < 4.78 is 12.0. The van der Waals surface area contributed by atoms with Gasteiger partial charge in [-0.2, -0.15) is 0 Å². The smallest absolute Gasteiger partial charge is 0.410 e. The number of nitro groups is 1. The van der Waals surface area contributed by atoms with Crippen molar-refractivity contribution in [3.8, 4) is 0 Å². The summed E-state index contributed by atoms with van der Waals surface area (Å²) in [5, 5.41) is 13.3. The number of imide groups is 1. The first-order chi connectivity index (χ1) is 15.8. The van der Waals surface area contributed by atoms with Gasteiger partial charge in [-0.05, 0) is 42.2 Å². The van der Waals surface area contributed by atoms with Crippen LogP contribution in [0.2, 0.25) is 18.1 Å². The number of carbonyl (C=O) groups is 3. The minimum absolute atomic E-state index is 0.0167. The van der Waals surface area contributed by atoms with Crippen molar-refractivity contribution >= 4 is 32.0 Å². The fourth-order valence-corrected chi connectivity index (χ4v) is 5.10. The number of non-ortho nitro benzene ring substituents is 1. The highest BCUT2D eigenvalue weighted by atomic mass is 28.4. The van der Waals surface area contributed by atoms with Crippen LogP contribution in [0.25, 0.3) is 0 Å². The molecule has 1 aromatic rings. The van der Waals surface area contributed by atoms with E-state index in [2.05, 4.69) is 39.2 Å². The highest BCUT2D eigenvalue weighted by molar-refractivity contribution is 6.74. The first-order valence-corrected chi connectivity index (χ1v) is 14.1. The molecule has 3 rings (SSSR count). The molecule has 0 spiro atoms. The number of amides is 4. The maximum atomic E-state index is 13.0. The van der Waals surface area contributed by atoms with Gasteiger partial charge < -0.3 is 19.4 Å². The second-order valence-corrected chi connectivity index (χ2v) is 14.9. The van der Waals surface area contributed by atoms with E-state index in [0.29, 0.717) is 18.5 Å². The largest absolute Gasteiger partial charge is 0.445 e. The maximum Gasteiger partial charge on any atom is 0.410 e. The molecule has 0 saturated carbocycles. The van der Waals surface area contributed by atoms with E-state index in [1.807, 2.05) is 0 Å². The van der Waals surface area contributed by atoms with Crippen molar-refractivity contribution in [3.05, 3.63) is 39.9 Å². The molecule has 0 aliphatic carbocycles. The number of carbonyl (C=O) groups excluding carboxylic acids is 3. The van der Waals surface area contributed by atoms with Crippen LogP contribution >= 0.6 is 0 Å². The summed E-state index contributed by atoms with van der Waals surface area (Å²) in [7, 11) is -2.11. The molecule has 4 amide bonds. The Morgan fingerprint density at radius 1 is 1.24 bits per heavy atom. The Bertz CT molecular complexity index is 945. The van der Waals surface area contributed by atoms with E-state index < -0.39 is 31.4 Å². The van der Waals surface area contributed by atoms with E-state index in [9.17, 15) is 24.5 Å². The van der Waals surface area contributed by atoms with Crippen molar-refractivity contribution in [2.24, 2.45) is 0 Å². The van der Waals surface area contributed by atoms with Gasteiger partial charge in [0, 0.05) is 18.7 Å². The van der Waals surface area contributed by atoms with Crippen LogP contribution in [0.4, 0.5) is 15.3 Å². The quantitative estimate of drug-likeness (QED) is 0.267. The molecule has 0 aromatic heterocycles. The van der Waals surface area contributed by atoms with Gasteiger partial charge in [0.1, 0.15) is 6.61 Å². The minimum Gasteiger partial charge on any atom is -0.445 e. The summed E-state index contributed by atoms with van der Waals surface area (Å²) in [5.74, 6) is -0.335. The minimum atomic E-state index is -2.11. The zero-order chi connectivity index (χ0) is 25.3. The SMILES string of the molecule is CC(C)(C)[Si](C)(C)OC1CC(CN2C(=O)CNC2=O)N(C(=O)OCc2ccc([N+](=O)[O-])cc2)C1. The average molecular weight is 493 g/mol. The van der Waals surface area contributed by atoms with E-state index in [-0.39, 0.29) is 42.4 Å². The summed E-state index contributed by atoms with van der Waals surface area (Å²) in [6, 6.07) is 4.85. The van der Waals surface area contributed by atoms with E-state index in [1.165, 1.54) is 29.2 Å². The lowest BCUT2D eigenvalue weighted by molar-refractivity contribution is -0.384. The molecule has 0 bridgehead atoms. The van der Waals surface area contributed by atoms with E-state index >= 15 is 0 Å². The van der Waals surface area contributed by atoms with Gasteiger partial charge in [0.25, 0.3) is 5.69 Å². The number of hydrogen-bond acceptors (Lipinski definition) is 7. The van der Waals surface area contributed by atoms with Gasteiger partial charge in [0.15, 0.2) is 8.32 Å². The fourth-order valence-electron chi connectivity index (χ4n) is 3.74. The van der Waals surface area contributed by atoms with Crippen LogP contribution in [-0.2, 0) is 20.6 Å². The van der Waals surface area contributed by atoms with Gasteiger partial charge in [-0.15, -0.1) is 0 Å². The van der Waals surface area contributed by atoms with Crippen LogP contribution < -0.4 is 5.32 Å². The molecule has 2 aliphatic heterocycles. The molecule has 2 fully saturated rings. The van der Waals surface area contributed by atoms with Crippen LogP contribution in [0.15, 0.2) is 24.3 Å². The zero-order valence-electron chi connectivity index (χ0n) is 20.2. The number of nitrogens with one attached hydrogen (secondary N) is 1. The second-order valence-electron chi connectivity index (χ2n) is 10.2. The normalized spacial score (nSPS) is 21.1. The Morgan fingerprint density at radius 2 is 1.88 bits per heavy atom. The third-order valence-corrected chi connectivity index (χ3v) is 11.3. The molecule has 11 nitrogen and oxygen atoms in total. The molecule has 34 heavy (non-hydrogen) atoms. The molecule has 1 aromatic carbocycles. The molecular weight excluding hydrogens is 460 g/mol. The van der Waals surface area contributed by atoms with Gasteiger partial charge in [0.05, 0.1) is 30.2 Å². The van der Waals surface area contributed by atoms with Gasteiger partial charge in [-0.25, -0.2) is 9.59 Å². The third kappa shape index (κ3) is 5.73. The molecule has 0 radical (unpaired) electrons. The van der Waals surface area contributed by atoms with Crippen molar-refractivity contribution < 1.29 is 28.5 Å². The van der Waals surface area contributed by atoms with Gasteiger partial charge in [-0.1, -0.05) is 20.8 Å². The van der Waals surface area contributed by atoms with Crippen molar-refractivity contribution in [1.29, 1.82) is 0 Å². The Hall–Kier alpha value is -2.99. The standard InChI is InChI=1S/C22H32N4O7Si/c1-22(2,3)34(4,5)33-18-10-17(12-25-19(27)11-23-20(25)28)24(13-18)21(29)32-14-15-6-8-16(9-7-15)26(30)31/h6-9,17-18H,10-14H2,1-5H3,(H,23,28). The van der Waals surface area contributed by atoms with E-state index in [1.54, 1.807) is 0 Å². The number of benzene rings is 1. The van der Waals surface area contributed by atoms with Crippen molar-refractivity contribution in [2.45, 2.75) is 64.1 Å². The van der Waals surface area contributed by atoms with Crippen LogP contribution in [0.5, 0.6) is 0 Å². The van der Waals surface area contributed by atoms with E-state index in [0.717, 1.165) is 4.90 Å². The zero-order valence-corrected chi connectivity index (χ0v) is 21.2. The summed E-state index contributed by atoms with van der Waals surface area (Å²) in [5.41, 5.74) is 0.562. The monoisotopic (exact) mass is 492 g/mol. The fraction of sp³-hybridized carbons (Fsp3) is 0.591. The predicted molar refractivity (Wildman–Crippen MR) is 126 cm³/mol. The number of nitrogens with zero attached hydrogens (tertiary/aromatic N) is 3. The number of rotatable bonds is 7. The lowest BCUT2D eigenvalue weighted by atomic mass is 10.2. The van der Waals surface area contributed by atoms with Crippen LogP contribution in [0, 0.1) is 10.1 Å². The summed E-state index contributed by atoms with van der Waals surface area (Å²) in [6.07, 6.45) is -0.341. The predicted octanol–water partition coefficient (Wildman–Crippen LogP) is 3.25. The number of ether oxygens (including phenoxy) is 1. The van der Waals surface area contributed by atoms with Gasteiger partial charge >= 0.3 is 12.1 Å². The molecule has 1 N–H and O–H groups in total. The Morgan fingerprint density at radius 3 is 2.41 bits per heavy atom. The van der Waals surface area contributed by atoms with Crippen molar-refractivity contribution in [3.63, 3.8) is 0 Å². The number of hydrogen-bond donors (Lipinski definition) is 1.